The number of ether oxygens (including phenoxy) is 1. The molecule has 4 heteroatoms. The van der Waals surface area contributed by atoms with Crippen LogP contribution in [-0.4, -0.2) is 43.4 Å². The number of carbonyl (C=O) groups is 2. The molecule has 1 rings (SSSR count). The average molecular weight is 199 g/mol. The Kier molecular flexibility index (Phi) is 4.07. The van der Waals surface area contributed by atoms with E-state index in [1.807, 2.05) is 0 Å². The van der Waals surface area contributed by atoms with Crippen molar-refractivity contribution >= 4 is 11.7 Å². The van der Waals surface area contributed by atoms with Crippen LogP contribution in [0.3, 0.4) is 0 Å². The van der Waals surface area contributed by atoms with Gasteiger partial charge in [0.05, 0.1) is 6.10 Å². The maximum absolute atomic E-state index is 11.2. The molecule has 0 radical (unpaired) electrons. The largest absolute Gasteiger partial charge is 0.368 e. The molecule has 80 valence electrons. The van der Waals surface area contributed by atoms with E-state index in [2.05, 4.69) is 0 Å². The van der Waals surface area contributed by atoms with E-state index in [9.17, 15) is 9.59 Å². The molecule has 0 aromatic heterocycles. The molecule has 0 unspecified atom stereocenters. The highest BCUT2D eigenvalue weighted by atomic mass is 16.5. The summed E-state index contributed by atoms with van der Waals surface area (Å²) < 4.78 is 5.41. The van der Waals surface area contributed by atoms with E-state index in [0.717, 1.165) is 12.8 Å². The predicted molar refractivity (Wildman–Crippen MR) is 51.9 cm³/mol. The molecule has 1 amide bonds. The second-order valence-corrected chi connectivity index (χ2v) is 3.84. The number of rotatable bonds is 3. The molecule has 14 heavy (non-hydrogen) atoms. The van der Waals surface area contributed by atoms with Gasteiger partial charge in [0, 0.05) is 26.9 Å². The highest BCUT2D eigenvalue weighted by Gasteiger charge is 2.20. The molecule has 1 saturated carbocycles. The number of hydrogen-bond donors (Lipinski definition) is 0. The summed E-state index contributed by atoms with van der Waals surface area (Å²) in [5, 5.41) is 0. The summed E-state index contributed by atoms with van der Waals surface area (Å²) >= 11 is 0. The quantitative estimate of drug-likeness (QED) is 0.668. The van der Waals surface area contributed by atoms with Gasteiger partial charge >= 0.3 is 0 Å². The van der Waals surface area contributed by atoms with Crippen LogP contribution in [-0.2, 0) is 14.3 Å². The number of likely N-dealkylation sites (N-methyl/N-ethyl adjacent to an activating group) is 1. The molecule has 0 bridgehead atoms. The summed E-state index contributed by atoms with van der Waals surface area (Å²) in [4.78, 5) is 23.6. The topological polar surface area (TPSA) is 46.6 Å². The first-order valence-corrected chi connectivity index (χ1v) is 4.93. The Morgan fingerprint density at radius 1 is 1.43 bits per heavy atom. The van der Waals surface area contributed by atoms with Crippen molar-refractivity contribution in [3.8, 4) is 0 Å². The minimum atomic E-state index is -0.0260. The number of hydrogen-bond acceptors (Lipinski definition) is 3. The Bertz CT molecular complexity index is 215. The van der Waals surface area contributed by atoms with Crippen molar-refractivity contribution in [2.24, 2.45) is 0 Å². The van der Waals surface area contributed by atoms with E-state index in [1.54, 1.807) is 14.1 Å². The third-order valence-corrected chi connectivity index (χ3v) is 2.43. The van der Waals surface area contributed by atoms with Gasteiger partial charge in [-0.2, -0.15) is 0 Å². The highest BCUT2D eigenvalue weighted by Crippen LogP contribution is 2.17. The van der Waals surface area contributed by atoms with Crippen LogP contribution in [0.15, 0.2) is 0 Å². The Balaban J connectivity index is 2.19. The molecule has 0 saturated heterocycles. The van der Waals surface area contributed by atoms with E-state index in [0.29, 0.717) is 18.6 Å². The van der Waals surface area contributed by atoms with E-state index in [1.165, 1.54) is 4.90 Å². The zero-order valence-electron chi connectivity index (χ0n) is 8.78. The van der Waals surface area contributed by atoms with Crippen molar-refractivity contribution in [3.05, 3.63) is 0 Å². The lowest BCUT2D eigenvalue weighted by atomic mass is 9.96. The number of nitrogens with zero attached hydrogens (tertiary/aromatic N) is 1. The molecular weight excluding hydrogens is 182 g/mol. The molecule has 1 fully saturated rings. The van der Waals surface area contributed by atoms with Gasteiger partial charge in [-0.3, -0.25) is 9.59 Å². The maximum atomic E-state index is 11.2. The van der Waals surface area contributed by atoms with Crippen LogP contribution in [0.2, 0.25) is 0 Å². The van der Waals surface area contributed by atoms with Gasteiger partial charge in [-0.15, -0.1) is 0 Å². The van der Waals surface area contributed by atoms with Gasteiger partial charge in [0.1, 0.15) is 12.4 Å². The van der Waals surface area contributed by atoms with Crippen LogP contribution in [0.1, 0.15) is 25.7 Å². The van der Waals surface area contributed by atoms with Crippen LogP contribution >= 0.6 is 0 Å². The first kappa shape index (κ1) is 11.2. The fourth-order valence-electron chi connectivity index (χ4n) is 1.40. The van der Waals surface area contributed by atoms with Crippen molar-refractivity contribution in [1.29, 1.82) is 0 Å². The minimum absolute atomic E-state index is 0.0260. The standard InChI is InChI=1S/C10H17NO3/c1-11(2)10(13)7-14-9-5-3-8(12)4-6-9/h9H,3-7H2,1-2H3. The van der Waals surface area contributed by atoms with Gasteiger partial charge in [0.2, 0.25) is 5.91 Å². The van der Waals surface area contributed by atoms with Gasteiger partial charge in [-0.1, -0.05) is 0 Å². The summed E-state index contributed by atoms with van der Waals surface area (Å²) in [5.74, 6) is 0.283. The number of amides is 1. The van der Waals surface area contributed by atoms with Crippen molar-refractivity contribution in [2.45, 2.75) is 31.8 Å². The number of Topliss-reactive ketones (excluding diaryl/α,β-unsaturated/α-hetero) is 1. The second-order valence-electron chi connectivity index (χ2n) is 3.84. The van der Waals surface area contributed by atoms with Crippen molar-refractivity contribution in [1.82, 2.24) is 4.90 Å². The lowest BCUT2D eigenvalue weighted by molar-refractivity contribution is -0.137. The Labute approximate surface area is 84.2 Å². The minimum Gasteiger partial charge on any atom is -0.368 e. The molecule has 0 aromatic rings. The van der Waals surface area contributed by atoms with E-state index in [-0.39, 0.29) is 18.6 Å². The van der Waals surface area contributed by atoms with Gasteiger partial charge < -0.3 is 9.64 Å². The molecule has 0 N–H and O–H groups in total. The molecule has 4 nitrogen and oxygen atoms in total. The molecule has 0 atom stereocenters. The Morgan fingerprint density at radius 2 is 2.00 bits per heavy atom. The molecule has 1 aliphatic carbocycles. The maximum Gasteiger partial charge on any atom is 0.248 e. The molecule has 0 heterocycles. The van der Waals surface area contributed by atoms with E-state index in [4.69, 9.17) is 4.74 Å². The fraction of sp³-hybridized carbons (Fsp3) is 0.800. The Hall–Kier alpha value is -0.900. The van der Waals surface area contributed by atoms with Gasteiger partial charge in [0.25, 0.3) is 0 Å². The van der Waals surface area contributed by atoms with Crippen LogP contribution < -0.4 is 0 Å². The number of carbonyl (C=O) groups excluding carboxylic acids is 2. The lowest BCUT2D eigenvalue weighted by Crippen LogP contribution is -2.30. The summed E-state index contributed by atoms with van der Waals surface area (Å²) in [5.41, 5.74) is 0. The summed E-state index contributed by atoms with van der Waals surface area (Å²) in [6.07, 6.45) is 2.82. The summed E-state index contributed by atoms with van der Waals surface area (Å²) in [6, 6.07) is 0. The lowest BCUT2D eigenvalue weighted by Gasteiger charge is -2.21. The van der Waals surface area contributed by atoms with E-state index >= 15 is 0 Å². The predicted octanol–water partition coefficient (Wildman–Crippen LogP) is 0.603. The van der Waals surface area contributed by atoms with Crippen molar-refractivity contribution in [2.75, 3.05) is 20.7 Å². The average Bonchev–Trinajstić information content (AvgIpc) is 2.16. The second kappa shape index (κ2) is 5.10. The molecule has 0 aromatic carbocycles. The zero-order chi connectivity index (χ0) is 10.6. The van der Waals surface area contributed by atoms with Crippen LogP contribution in [0.4, 0.5) is 0 Å². The van der Waals surface area contributed by atoms with Crippen molar-refractivity contribution < 1.29 is 14.3 Å². The van der Waals surface area contributed by atoms with Crippen LogP contribution in [0.25, 0.3) is 0 Å². The van der Waals surface area contributed by atoms with Gasteiger partial charge in [-0.25, -0.2) is 0 Å². The number of ketones is 1. The fourth-order valence-corrected chi connectivity index (χ4v) is 1.40. The first-order valence-electron chi connectivity index (χ1n) is 4.93. The SMILES string of the molecule is CN(C)C(=O)COC1CCC(=O)CC1. The summed E-state index contributed by atoms with van der Waals surface area (Å²) in [6.45, 7) is 0.131. The van der Waals surface area contributed by atoms with Gasteiger partial charge in [0.15, 0.2) is 0 Å². The van der Waals surface area contributed by atoms with E-state index < -0.39 is 0 Å². The third-order valence-electron chi connectivity index (χ3n) is 2.43. The van der Waals surface area contributed by atoms with Crippen molar-refractivity contribution in [3.63, 3.8) is 0 Å². The molecule has 1 aliphatic rings. The van der Waals surface area contributed by atoms with Crippen LogP contribution in [0.5, 0.6) is 0 Å². The van der Waals surface area contributed by atoms with Gasteiger partial charge in [-0.05, 0) is 12.8 Å². The monoisotopic (exact) mass is 199 g/mol. The Morgan fingerprint density at radius 3 is 2.50 bits per heavy atom. The smallest absolute Gasteiger partial charge is 0.248 e. The zero-order valence-corrected chi connectivity index (χ0v) is 8.78. The molecular formula is C10H17NO3. The van der Waals surface area contributed by atoms with Crippen LogP contribution in [0, 0.1) is 0 Å². The molecule has 0 aliphatic heterocycles. The normalized spacial score (nSPS) is 18.3. The highest BCUT2D eigenvalue weighted by molar-refractivity contribution is 5.79. The third kappa shape index (κ3) is 3.46. The summed E-state index contributed by atoms with van der Waals surface area (Å²) in [7, 11) is 3.41. The molecule has 0 spiro atoms. The first-order chi connectivity index (χ1) is 6.59.